The molecule has 0 saturated heterocycles. The van der Waals surface area contributed by atoms with Crippen molar-refractivity contribution in [1.29, 1.82) is 0 Å². The Bertz CT molecular complexity index is 382. The lowest BCUT2D eigenvalue weighted by atomic mass is 10.1. The molecule has 5 heteroatoms. The minimum absolute atomic E-state index is 0.196. The van der Waals surface area contributed by atoms with Gasteiger partial charge in [-0.05, 0) is 56.5 Å². The van der Waals surface area contributed by atoms with E-state index in [2.05, 4.69) is 31.9 Å². The molecule has 0 unspecified atom stereocenters. The molecule has 2 N–H and O–H groups in total. The minimum Gasteiger partial charge on any atom is -0.466 e. The van der Waals surface area contributed by atoms with Crippen LogP contribution in [0.4, 0.5) is 0 Å². The lowest BCUT2D eigenvalue weighted by molar-refractivity contribution is -0.143. The van der Waals surface area contributed by atoms with Gasteiger partial charge in [0.15, 0.2) is 0 Å². The Morgan fingerprint density at radius 3 is 2.69 bits per heavy atom. The average Bonchev–Trinajstić information content (AvgIpc) is 2.22. The normalized spacial score (nSPS) is 12.2. The first-order valence-corrected chi connectivity index (χ1v) is 6.49. The second-order valence-corrected chi connectivity index (χ2v) is 5.00. The Morgan fingerprint density at radius 2 is 2.12 bits per heavy atom. The fourth-order valence-electron chi connectivity index (χ4n) is 1.26. The third kappa shape index (κ3) is 3.88. The minimum atomic E-state index is -0.330. The van der Waals surface area contributed by atoms with Gasteiger partial charge in [0.2, 0.25) is 0 Å². The van der Waals surface area contributed by atoms with Crippen molar-refractivity contribution in [2.24, 2.45) is 5.73 Å². The third-order valence-corrected chi connectivity index (χ3v) is 3.94. The molecule has 88 valence electrons. The number of benzene rings is 1. The Kier molecular flexibility index (Phi) is 5.44. The molecule has 16 heavy (non-hydrogen) atoms. The van der Waals surface area contributed by atoms with Crippen molar-refractivity contribution in [3.8, 4) is 0 Å². The standard InChI is InChI=1S/C11H13Br2NO2/c1-2-16-11(15)6-10(14)7-3-4-8(12)9(13)5-7/h3-5,10H,2,6,14H2,1H3/t10-/m0/s1. The van der Waals surface area contributed by atoms with Crippen LogP contribution in [0.2, 0.25) is 0 Å². The lowest BCUT2D eigenvalue weighted by Gasteiger charge is -2.12. The number of carbonyl (C=O) groups is 1. The Hall–Kier alpha value is -0.390. The highest BCUT2D eigenvalue weighted by molar-refractivity contribution is 9.13. The van der Waals surface area contributed by atoms with Gasteiger partial charge in [0, 0.05) is 15.0 Å². The number of halogens is 2. The number of rotatable bonds is 4. The van der Waals surface area contributed by atoms with Crippen LogP contribution < -0.4 is 5.73 Å². The summed E-state index contributed by atoms with van der Waals surface area (Å²) in [5.74, 6) is -0.269. The number of carbonyl (C=O) groups excluding carboxylic acids is 1. The molecule has 1 atom stereocenters. The summed E-state index contributed by atoms with van der Waals surface area (Å²) in [5, 5.41) is 0. The number of ether oxygens (including phenoxy) is 1. The van der Waals surface area contributed by atoms with Crippen molar-refractivity contribution in [1.82, 2.24) is 0 Å². The zero-order valence-electron chi connectivity index (χ0n) is 8.87. The molecule has 0 aliphatic heterocycles. The quantitative estimate of drug-likeness (QED) is 0.848. The van der Waals surface area contributed by atoms with Gasteiger partial charge in [-0.25, -0.2) is 0 Å². The van der Waals surface area contributed by atoms with Gasteiger partial charge >= 0.3 is 5.97 Å². The number of nitrogens with two attached hydrogens (primary N) is 1. The van der Waals surface area contributed by atoms with E-state index in [4.69, 9.17) is 10.5 Å². The summed E-state index contributed by atoms with van der Waals surface area (Å²) in [7, 11) is 0. The van der Waals surface area contributed by atoms with E-state index in [1.54, 1.807) is 6.92 Å². The van der Waals surface area contributed by atoms with E-state index in [0.29, 0.717) is 6.61 Å². The zero-order valence-corrected chi connectivity index (χ0v) is 12.0. The maximum Gasteiger partial charge on any atom is 0.307 e. The summed E-state index contributed by atoms with van der Waals surface area (Å²) in [6.45, 7) is 2.16. The molecule has 0 radical (unpaired) electrons. The zero-order chi connectivity index (χ0) is 12.1. The highest BCUT2D eigenvalue weighted by Gasteiger charge is 2.13. The smallest absolute Gasteiger partial charge is 0.307 e. The van der Waals surface area contributed by atoms with Crippen LogP contribution in [0.3, 0.4) is 0 Å². The van der Waals surface area contributed by atoms with Gasteiger partial charge in [0.1, 0.15) is 0 Å². The molecule has 0 aromatic heterocycles. The molecule has 1 rings (SSSR count). The first-order chi connectivity index (χ1) is 7.54. The summed E-state index contributed by atoms with van der Waals surface area (Å²) in [5.41, 5.74) is 6.81. The van der Waals surface area contributed by atoms with Gasteiger partial charge in [-0.2, -0.15) is 0 Å². The number of hydrogen-bond donors (Lipinski definition) is 1. The van der Waals surface area contributed by atoms with E-state index >= 15 is 0 Å². The van der Waals surface area contributed by atoms with Crippen LogP contribution >= 0.6 is 31.9 Å². The SMILES string of the molecule is CCOC(=O)C[C@H](N)c1ccc(Br)c(Br)c1. The summed E-state index contributed by atoms with van der Waals surface area (Å²) in [6.07, 6.45) is 0.196. The monoisotopic (exact) mass is 349 g/mol. The highest BCUT2D eigenvalue weighted by atomic mass is 79.9. The van der Waals surface area contributed by atoms with E-state index in [0.717, 1.165) is 14.5 Å². The fourth-order valence-corrected chi connectivity index (χ4v) is 1.90. The molecule has 0 aliphatic carbocycles. The van der Waals surface area contributed by atoms with E-state index in [9.17, 15) is 4.79 Å². The predicted molar refractivity (Wildman–Crippen MR) is 70.0 cm³/mol. The van der Waals surface area contributed by atoms with Crippen molar-refractivity contribution in [2.45, 2.75) is 19.4 Å². The van der Waals surface area contributed by atoms with Crippen LogP contribution in [0.25, 0.3) is 0 Å². The van der Waals surface area contributed by atoms with Crippen LogP contribution in [0.5, 0.6) is 0 Å². The Balaban J connectivity index is 2.69. The average molecular weight is 351 g/mol. The molecule has 3 nitrogen and oxygen atoms in total. The van der Waals surface area contributed by atoms with Crippen molar-refractivity contribution in [3.63, 3.8) is 0 Å². The van der Waals surface area contributed by atoms with Crippen LogP contribution in [0.15, 0.2) is 27.1 Å². The molecule has 0 amide bonds. The van der Waals surface area contributed by atoms with Crippen molar-refractivity contribution >= 4 is 37.8 Å². The molecule has 0 aliphatic rings. The van der Waals surface area contributed by atoms with Crippen molar-refractivity contribution in [2.75, 3.05) is 6.61 Å². The van der Waals surface area contributed by atoms with Gasteiger partial charge in [-0.1, -0.05) is 6.07 Å². The Labute approximate surface area is 112 Å². The maximum atomic E-state index is 11.3. The molecular formula is C11H13Br2NO2. The first-order valence-electron chi connectivity index (χ1n) is 4.90. The van der Waals surface area contributed by atoms with Crippen molar-refractivity contribution < 1.29 is 9.53 Å². The summed E-state index contributed by atoms with van der Waals surface area (Å²) < 4.78 is 6.73. The van der Waals surface area contributed by atoms with E-state index < -0.39 is 0 Å². The van der Waals surface area contributed by atoms with Crippen molar-refractivity contribution in [3.05, 3.63) is 32.7 Å². The molecule has 0 fully saturated rings. The van der Waals surface area contributed by atoms with E-state index in [1.165, 1.54) is 0 Å². The molecular weight excluding hydrogens is 338 g/mol. The van der Waals surface area contributed by atoms with E-state index in [-0.39, 0.29) is 18.4 Å². The highest BCUT2D eigenvalue weighted by Crippen LogP contribution is 2.26. The third-order valence-electron chi connectivity index (χ3n) is 2.06. The second kappa shape index (κ2) is 6.37. The van der Waals surface area contributed by atoms with Gasteiger partial charge in [0.05, 0.1) is 13.0 Å². The van der Waals surface area contributed by atoms with Gasteiger partial charge < -0.3 is 10.5 Å². The fraction of sp³-hybridized carbons (Fsp3) is 0.364. The topological polar surface area (TPSA) is 52.3 Å². The molecule has 0 bridgehead atoms. The number of hydrogen-bond acceptors (Lipinski definition) is 3. The van der Waals surface area contributed by atoms with Gasteiger partial charge in [-0.3, -0.25) is 4.79 Å². The molecule has 1 aromatic carbocycles. The predicted octanol–water partition coefficient (Wildman–Crippen LogP) is 3.16. The molecule has 0 saturated carbocycles. The Morgan fingerprint density at radius 1 is 1.44 bits per heavy atom. The van der Waals surface area contributed by atoms with Crippen LogP contribution in [-0.2, 0) is 9.53 Å². The van der Waals surface area contributed by atoms with Crippen LogP contribution in [0.1, 0.15) is 24.9 Å². The van der Waals surface area contributed by atoms with Gasteiger partial charge in [0.25, 0.3) is 0 Å². The summed E-state index contributed by atoms with van der Waals surface area (Å²) >= 11 is 6.77. The van der Waals surface area contributed by atoms with Crippen LogP contribution in [-0.4, -0.2) is 12.6 Å². The second-order valence-electron chi connectivity index (χ2n) is 3.29. The molecule has 0 spiro atoms. The summed E-state index contributed by atoms with van der Waals surface area (Å²) in [6, 6.07) is 5.35. The molecule has 0 heterocycles. The van der Waals surface area contributed by atoms with E-state index in [1.807, 2.05) is 18.2 Å². The summed E-state index contributed by atoms with van der Waals surface area (Å²) in [4.78, 5) is 11.3. The first kappa shape index (κ1) is 13.7. The maximum absolute atomic E-state index is 11.3. The largest absolute Gasteiger partial charge is 0.466 e. The van der Waals surface area contributed by atoms with Crippen LogP contribution in [0, 0.1) is 0 Å². The van der Waals surface area contributed by atoms with Gasteiger partial charge in [-0.15, -0.1) is 0 Å². The molecule has 1 aromatic rings. The number of esters is 1. The lowest BCUT2D eigenvalue weighted by Crippen LogP contribution is -2.17.